The standard InChI is InChI=1S/C13H16FNO2/c14-9-12-7-4-8-15(12)13(16)17-10-11-5-2-1-3-6-11/h1-3,5-6,12H,4,7-10H2. The number of hydrogen-bond acceptors (Lipinski definition) is 2. The quantitative estimate of drug-likeness (QED) is 0.809. The summed E-state index contributed by atoms with van der Waals surface area (Å²) >= 11 is 0. The molecule has 1 unspecified atom stereocenters. The van der Waals surface area contributed by atoms with E-state index in [4.69, 9.17) is 4.74 Å². The number of carbonyl (C=O) groups excluding carboxylic acids is 1. The third kappa shape index (κ3) is 2.96. The van der Waals surface area contributed by atoms with E-state index in [1.807, 2.05) is 30.3 Å². The van der Waals surface area contributed by atoms with Crippen LogP contribution in [0.15, 0.2) is 30.3 Å². The normalized spacial score (nSPS) is 19.4. The first kappa shape index (κ1) is 11.9. The monoisotopic (exact) mass is 237 g/mol. The van der Waals surface area contributed by atoms with E-state index in [-0.39, 0.29) is 12.6 Å². The molecule has 1 amide bonds. The number of amides is 1. The van der Waals surface area contributed by atoms with E-state index in [0.717, 1.165) is 18.4 Å². The van der Waals surface area contributed by atoms with E-state index in [1.165, 1.54) is 4.90 Å². The van der Waals surface area contributed by atoms with E-state index in [0.29, 0.717) is 6.54 Å². The Hall–Kier alpha value is -1.58. The number of likely N-dealkylation sites (tertiary alicyclic amines) is 1. The van der Waals surface area contributed by atoms with Gasteiger partial charge in [-0.2, -0.15) is 0 Å². The van der Waals surface area contributed by atoms with Crippen LogP contribution in [-0.4, -0.2) is 30.3 Å². The lowest BCUT2D eigenvalue weighted by atomic mass is 10.2. The summed E-state index contributed by atoms with van der Waals surface area (Å²) in [7, 11) is 0. The predicted octanol–water partition coefficient (Wildman–Crippen LogP) is 2.76. The molecule has 0 saturated carbocycles. The maximum Gasteiger partial charge on any atom is 0.410 e. The van der Waals surface area contributed by atoms with Gasteiger partial charge in [-0.05, 0) is 18.4 Å². The molecule has 1 aromatic rings. The molecule has 1 saturated heterocycles. The molecule has 2 rings (SSSR count). The van der Waals surface area contributed by atoms with Gasteiger partial charge in [-0.15, -0.1) is 0 Å². The fraction of sp³-hybridized carbons (Fsp3) is 0.462. The zero-order valence-corrected chi connectivity index (χ0v) is 9.64. The lowest BCUT2D eigenvalue weighted by molar-refractivity contribution is 0.0878. The van der Waals surface area contributed by atoms with Crippen LogP contribution in [0.4, 0.5) is 9.18 Å². The Kier molecular flexibility index (Phi) is 3.96. The third-order valence-corrected chi connectivity index (χ3v) is 2.99. The summed E-state index contributed by atoms with van der Waals surface area (Å²) in [4.78, 5) is 13.2. The molecule has 0 radical (unpaired) electrons. The van der Waals surface area contributed by atoms with Crippen LogP contribution in [0.5, 0.6) is 0 Å². The lowest BCUT2D eigenvalue weighted by Crippen LogP contribution is -2.37. The summed E-state index contributed by atoms with van der Waals surface area (Å²) in [5.41, 5.74) is 0.942. The molecule has 3 nitrogen and oxygen atoms in total. The van der Waals surface area contributed by atoms with Crippen molar-refractivity contribution in [1.82, 2.24) is 4.90 Å². The number of benzene rings is 1. The zero-order chi connectivity index (χ0) is 12.1. The van der Waals surface area contributed by atoms with Gasteiger partial charge in [0.15, 0.2) is 0 Å². The lowest BCUT2D eigenvalue weighted by Gasteiger charge is -2.21. The van der Waals surface area contributed by atoms with Crippen molar-refractivity contribution in [2.45, 2.75) is 25.5 Å². The van der Waals surface area contributed by atoms with Crippen LogP contribution in [0.3, 0.4) is 0 Å². The molecule has 0 aliphatic carbocycles. The van der Waals surface area contributed by atoms with E-state index in [1.54, 1.807) is 0 Å². The minimum atomic E-state index is -0.486. The fourth-order valence-electron chi connectivity index (χ4n) is 2.04. The molecule has 1 aliphatic rings. The van der Waals surface area contributed by atoms with Crippen molar-refractivity contribution in [2.24, 2.45) is 0 Å². The van der Waals surface area contributed by atoms with Crippen molar-refractivity contribution in [1.29, 1.82) is 0 Å². The molecule has 1 aliphatic heterocycles. The van der Waals surface area contributed by atoms with Crippen molar-refractivity contribution < 1.29 is 13.9 Å². The molecule has 1 heterocycles. The largest absolute Gasteiger partial charge is 0.445 e. The molecule has 0 spiro atoms. The van der Waals surface area contributed by atoms with Crippen LogP contribution < -0.4 is 0 Å². The summed E-state index contributed by atoms with van der Waals surface area (Å²) in [5, 5.41) is 0. The van der Waals surface area contributed by atoms with Crippen molar-refractivity contribution in [3.05, 3.63) is 35.9 Å². The molecule has 0 aromatic heterocycles. The first-order chi connectivity index (χ1) is 8.31. The Labute approximate surface area is 100 Å². The summed E-state index contributed by atoms with van der Waals surface area (Å²) in [5.74, 6) is 0. The summed E-state index contributed by atoms with van der Waals surface area (Å²) in [6, 6.07) is 9.18. The molecular weight excluding hydrogens is 221 g/mol. The SMILES string of the molecule is O=C(OCc1ccccc1)N1CCCC1CF. The number of alkyl halides is 1. The summed E-state index contributed by atoms with van der Waals surface area (Å²) < 4.78 is 17.8. The average Bonchev–Trinajstić information content (AvgIpc) is 2.85. The van der Waals surface area contributed by atoms with Gasteiger partial charge in [-0.3, -0.25) is 0 Å². The number of halogens is 1. The highest BCUT2D eigenvalue weighted by Gasteiger charge is 2.29. The number of hydrogen-bond donors (Lipinski definition) is 0. The second-order valence-electron chi connectivity index (χ2n) is 4.18. The minimum Gasteiger partial charge on any atom is -0.445 e. The van der Waals surface area contributed by atoms with Crippen molar-refractivity contribution in [3.8, 4) is 0 Å². The van der Waals surface area contributed by atoms with Gasteiger partial charge >= 0.3 is 6.09 Å². The van der Waals surface area contributed by atoms with Crippen LogP contribution in [0, 0.1) is 0 Å². The highest BCUT2D eigenvalue weighted by Crippen LogP contribution is 2.18. The van der Waals surface area contributed by atoms with Crippen molar-refractivity contribution in [2.75, 3.05) is 13.2 Å². The van der Waals surface area contributed by atoms with E-state index in [9.17, 15) is 9.18 Å². The number of ether oxygens (including phenoxy) is 1. The van der Waals surface area contributed by atoms with E-state index >= 15 is 0 Å². The van der Waals surface area contributed by atoms with Gasteiger partial charge in [0.1, 0.15) is 13.3 Å². The fourth-order valence-corrected chi connectivity index (χ4v) is 2.04. The molecule has 1 atom stereocenters. The van der Waals surface area contributed by atoms with Gasteiger partial charge in [0, 0.05) is 6.54 Å². The molecule has 17 heavy (non-hydrogen) atoms. The van der Waals surface area contributed by atoms with Gasteiger partial charge in [0.2, 0.25) is 0 Å². The smallest absolute Gasteiger partial charge is 0.410 e. The highest BCUT2D eigenvalue weighted by molar-refractivity contribution is 5.68. The summed E-state index contributed by atoms with van der Waals surface area (Å²) in [6.45, 7) is 0.359. The Morgan fingerprint density at radius 2 is 2.18 bits per heavy atom. The molecule has 0 bridgehead atoms. The van der Waals surface area contributed by atoms with Crippen LogP contribution >= 0.6 is 0 Å². The zero-order valence-electron chi connectivity index (χ0n) is 9.64. The Balaban J connectivity index is 1.85. The minimum absolute atomic E-state index is 0.245. The molecule has 92 valence electrons. The second-order valence-corrected chi connectivity index (χ2v) is 4.18. The number of nitrogens with zero attached hydrogens (tertiary/aromatic N) is 1. The van der Waals surface area contributed by atoms with Crippen LogP contribution in [0.1, 0.15) is 18.4 Å². The Bertz CT molecular complexity index is 369. The van der Waals surface area contributed by atoms with Gasteiger partial charge in [0.05, 0.1) is 6.04 Å². The number of rotatable bonds is 3. The first-order valence-electron chi connectivity index (χ1n) is 5.84. The molecule has 1 fully saturated rings. The van der Waals surface area contributed by atoms with Crippen molar-refractivity contribution >= 4 is 6.09 Å². The molecule has 0 N–H and O–H groups in total. The van der Waals surface area contributed by atoms with Crippen LogP contribution in [0.2, 0.25) is 0 Å². The van der Waals surface area contributed by atoms with Crippen LogP contribution in [-0.2, 0) is 11.3 Å². The highest BCUT2D eigenvalue weighted by atomic mass is 19.1. The molecule has 1 aromatic carbocycles. The van der Waals surface area contributed by atoms with E-state index in [2.05, 4.69) is 0 Å². The summed E-state index contributed by atoms with van der Waals surface area (Å²) in [6.07, 6.45) is 1.18. The topological polar surface area (TPSA) is 29.5 Å². The van der Waals surface area contributed by atoms with E-state index < -0.39 is 12.8 Å². The van der Waals surface area contributed by atoms with Gasteiger partial charge in [-0.1, -0.05) is 30.3 Å². The maximum absolute atomic E-state index is 12.6. The average molecular weight is 237 g/mol. The van der Waals surface area contributed by atoms with Gasteiger partial charge in [0.25, 0.3) is 0 Å². The Morgan fingerprint density at radius 3 is 2.88 bits per heavy atom. The number of carbonyl (C=O) groups is 1. The molecule has 4 heteroatoms. The van der Waals surface area contributed by atoms with Gasteiger partial charge < -0.3 is 9.64 Å². The maximum atomic E-state index is 12.6. The third-order valence-electron chi connectivity index (χ3n) is 2.99. The molecular formula is C13H16FNO2. The van der Waals surface area contributed by atoms with Crippen LogP contribution in [0.25, 0.3) is 0 Å². The second kappa shape index (κ2) is 5.66. The first-order valence-corrected chi connectivity index (χ1v) is 5.84. The van der Waals surface area contributed by atoms with Crippen molar-refractivity contribution in [3.63, 3.8) is 0 Å². The van der Waals surface area contributed by atoms with Gasteiger partial charge in [-0.25, -0.2) is 9.18 Å². The Morgan fingerprint density at radius 1 is 1.41 bits per heavy atom. The predicted molar refractivity (Wildman–Crippen MR) is 62.3 cm³/mol.